The molecule has 1 aliphatic rings. The summed E-state index contributed by atoms with van der Waals surface area (Å²) < 4.78 is 14.9. The quantitative estimate of drug-likeness (QED) is 0.431. The molecule has 0 amide bonds. The van der Waals surface area contributed by atoms with Crippen LogP contribution in [0.2, 0.25) is 0 Å². The van der Waals surface area contributed by atoms with Gasteiger partial charge < -0.3 is 19.3 Å². The van der Waals surface area contributed by atoms with Crippen molar-refractivity contribution in [2.75, 3.05) is 20.3 Å². The summed E-state index contributed by atoms with van der Waals surface area (Å²) in [4.78, 5) is 49.8. The van der Waals surface area contributed by atoms with Gasteiger partial charge in [-0.2, -0.15) is 0 Å². The number of hydrogen-bond acceptors (Lipinski definition) is 8. The number of rotatable bonds is 6. The summed E-state index contributed by atoms with van der Waals surface area (Å²) in [5.74, 6) is -5.97. The number of carbonyl (C=O) groups is 4. The summed E-state index contributed by atoms with van der Waals surface area (Å²) in [6.07, 6.45) is -0.378. The fourth-order valence-corrected chi connectivity index (χ4v) is 3.84. The van der Waals surface area contributed by atoms with Crippen LogP contribution in [0, 0.1) is 11.8 Å². The van der Waals surface area contributed by atoms with E-state index in [1.807, 2.05) is 0 Å². The summed E-state index contributed by atoms with van der Waals surface area (Å²) in [6.45, 7) is 4.77. The number of aliphatic hydroxyl groups is 1. The van der Waals surface area contributed by atoms with Crippen LogP contribution in [0.15, 0.2) is 24.3 Å². The van der Waals surface area contributed by atoms with Crippen molar-refractivity contribution in [3.05, 3.63) is 35.4 Å². The Morgan fingerprint density at radius 2 is 1.62 bits per heavy atom. The van der Waals surface area contributed by atoms with E-state index in [9.17, 15) is 24.3 Å². The molecule has 0 aliphatic heterocycles. The van der Waals surface area contributed by atoms with Crippen molar-refractivity contribution in [2.24, 2.45) is 11.8 Å². The third-order valence-electron chi connectivity index (χ3n) is 5.06. The van der Waals surface area contributed by atoms with Gasteiger partial charge in [-0.15, -0.1) is 0 Å². The summed E-state index contributed by atoms with van der Waals surface area (Å²) in [5.41, 5.74) is -1.01. The van der Waals surface area contributed by atoms with Crippen molar-refractivity contribution < 1.29 is 38.5 Å². The number of ketones is 1. The van der Waals surface area contributed by atoms with Crippen LogP contribution in [-0.4, -0.2) is 54.7 Å². The van der Waals surface area contributed by atoms with Crippen LogP contribution < -0.4 is 0 Å². The van der Waals surface area contributed by atoms with Crippen LogP contribution in [-0.2, 0) is 28.6 Å². The molecular formula is C21H26O8. The lowest BCUT2D eigenvalue weighted by Crippen LogP contribution is -2.55. The van der Waals surface area contributed by atoms with E-state index in [-0.39, 0.29) is 25.2 Å². The fraction of sp³-hybridized carbons (Fsp3) is 0.524. The van der Waals surface area contributed by atoms with Crippen molar-refractivity contribution in [3.8, 4) is 0 Å². The molecule has 4 atom stereocenters. The Morgan fingerprint density at radius 1 is 1.07 bits per heavy atom. The Labute approximate surface area is 169 Å². The van der Waals surface area contributed by atoms with Crippen molar-refractivity contribution >= 4 is 23.7 Å². The van der Waals surface area contributed by atoms with Crippen LogP contribution in [0.25, 0.3) is 0 Å². The average molecular weight is 406 g/mol. The van der Waals surface area contributed by atoms with E-state index in [1.54, 1.807) is 13.8 Å². The topological polar surface area (TPSA) is 116 Å². The molecule has 0 unspecified atom stereocenters. The molecule has 1 saturated carbocycles. The molecule has 8 heteroatoms. The molecule has 1 fully saturated rings. The van der Waals surface area contributed by atoms with Gasteiger partial charge in [-0.3, -0.25) is 14.4 Å². The average Bonchev–Trinajstić information content (AvgIpc) is 2.66. The molecule has 0 heterocycles. The van der Waals surface area contributed by atoms with Crippen molar-refractivity contribution in [1.29, 1.82) is 0 Å². The lowest BCUT2D eigenvalue weighted by molar-refractivity contribution is -0.172. The van der Waals surface area contributed by atoms with Gasteiger partial charge in [0.1, 0.15) is 5.92 Å². The summed E-state index contributed by atoms with van der Waals surface area (Å²) in [6, 6.07) is 6.01. The minimum absolute atomic E-state index is 0.0665. The van der Waals surface area contributed by atoms with Gasteiger partial charge in [-0.05, 0) is 38.5 Å². The first-order chi connectivity index (χ1) is 13.7. The number of esters is 3. The fourth-order valence-electron chi connectivity index (χ4n) is 3.84. The van der Waals surface area contributed by atoms with Crippen LogP contribution in [0.5, 0.6) is 0 Å². The van der Waals surface area contributed by atoms with Crippen LogP contribution in [0.4, 0.5) is 0 Å². The monoisotopic (exact) mass is 406 g/mol. The van der Waals surface area contributed by atoms with E-state index in [0.717, 1.165) is 0 Å². The zero-order chi connectivity index (χ0) is 21.8. The maximum atomic E-state index is 12.8. The number of methoxy groups -OCH3 is 1. The second kappa shape index (κ2) is 9.17. The Morgan fingerprint density at radius 3 is 2.14 bits per heavy atom. The number of carbonyl (C=O) groups excluding carboxylic acids is 4. The number of Topliss-reactive ketones (excluding diaryl/α,β-unsaturated/α-hetero) is 1. The predicted molar refractivity (Wildman–Crippen MR) is 101 cm³/mol. The van der Waals surface area contributed by atoms with Gasteiger partial charge in [0, 0.05) is 12.3 Å². The van der Waals surface area contributed by atoms with Gasteiger partial charge in [-0.1, -0.05) is 12.1 Å². The van der Waals surface area contributed by atoms with E-state index in [2.05, 4.69) is 4.74 Å². The van der Waals surface area contributed by atoms with E-state index >= 15 is 0 Å². The Balaban J connectivity index is 2.59. The molecule has 1 aliphatic carbocycles. The van der Waals surface area contributed by atoms with Crippen molar-refractivity contribution in [1.82, 2.24) is 0 Å². The molecule has 2 rings (SSSR count). The highest BCUT2D eigenvalue weighted by atomic mass is 16.5. The van der Waals surface area contributed by atoms with E-state index < -0.39 is 47.0 Å². The second-order valence-corrected chi connectivity index (χ2v) is 7.10. The first kappa shape index (κ1) is 22.5. The molecule has 0 bridgehead atoms. The molecule has 1 aromatic rings. The molecule has 1 N–H and O–H groups in total. The van der Waals surface area contributed by atoms with Crippen LogP contribution in [0.1, 0.15) is 49.0 Å². The minimum atomic E-state index is -1.71. The predicted octanol–water partition coefficient (Wildman–Crippen LogP) is 1.64. The molecule has 29 heavy (non-hydrogen) atoms. The highest BCUT2D eigenvalue weighted by Gasteiger charge is 2.57. The third-order valence-corrected chi connectivity index (χ3v) is 5.06. The highest BCUT2D eigenvalue weighted by Crippen LogP contribution is 2.46. The van der Waals surface area contributed by atoms with Crippen molar-refractivity contribution in [3.63, 3.8) is 0 Å². The Bertz CT molecular complexity index is 780. The lowest BCUT2D eigenvalue weighted by atomic mass is 9.61. The number of benzene rings is 1. The van der Waals surface area contributed by atoms with Gasteiger partial charge in [0.05, 0.1) is 37.4 Å². The minimum Gasteiger partial charge on any atom is -0.466 e. The van der Waals surface area contributed by atoms with E-state index in [4.69, 9.17) is 9.47 Å². The van der Waals surface area contributed by atoms with Gasteiger partial charge >= 0.3 is 17.9 Å². The number of hydrogen-bond donors (Lipinski definition) is 1. The SMILES string of the molecule is CCOC(=O)[C@@H]1C(=O)C[C@](C)(O)[C@@H](C(=O)OCC)[C@@H]1c1ccc(C(=O)OC)cc1. The molecule has 8 nitrogen and oxygen atoms in total. The maximum Gasteiger partial charge on any atom is 0.337 e. The van der Waals surface area contributed by atoms with Crippen LogP contribution >= 0.6 is 0 Å². The molecule has 0 spiro atoms. The zero-order valence-electron chi connectivity index (χ0n) is 17.0. The molecule has 158 valence electrons. The summed E-state index contributed by atoms with van der Waals surface area (Å²) >= 11 is 0. The molecule has 1 aromatic carbocycles. The van der Waals surface area contributed by atoms with E-state index in [0.29, 0.717) is 5.56 Å². The Kier molecular flexibility index (Phi) is 7.13. The van der Waals surface area contributed by atoms with Crippen molar-refractivity contribution in [2.45, 2.75) is 38.7 Å². The first-order valence-corrected chi connectivity index (χ1v) is 9.44. The standard InChI is InChI=1S/C21H26O8/c1-5-28-19(24)16-14(22)11-21(3,26)17(20(25)29-6-2)15(16)12-7-9-13(10-8-12)18(23)27-4/h7-10,15-17,26H,5-6,11H2,1-4H3/t15-,16-,17-,21+/m1/s1. The van der Waals surface area contributed by atoms with Crippen LogP contribution in [0.3, 0.4) is 0 Å². The summed E-state index contributed by atoms with van der Waals surface area (Å²) in [5, 5.41) is 10.9. The zero-order valence-corrected chi connectivity index (χ0v) is 17.0. The third kappa shape index (κ3) is 4.64. The number of ether oxygens (including phenoxy) is 3. The van der Waals surface area contributed by atoms with Gasteiger partial charge in [0.25, 0.3) is 0 Å². The lowest BCUT2D eigenvalue weighted by Gasteiger charge is -2.43. The largest absolute Gasteiger partial charge is 0.466 e. The molecule has 0 aromatic heterocycles. The maximum absolute atomic E-state index is 12.8. The first-order valence-electron chi connectivity index (χ1n) is 9.44. The molecule has 0 radical (unpaired) electrons. The van der Waals surface area contributed by atoms with Gasteiger partial charge in [-0.25, -0.2) is 4.79 Å². The normalized spacial score (nSPS) is 26.5. The molecule has 0 saturated heterocycles. The van der Waals surface area contributed by atoms with E-state index in [1.165, 1.54) is 38.3 Å². The van der Waals surface area contributed by atoms with Gasteiger partial charge in [0.2, 0.25) is 0 Å². The second-order valence-electron chi connectivity index (χ2n) is 7.10. The van der Waals surface area contributed by atoms with Gasteiger partial charge in [0.15, 0.2) is 5.78 Å². The molecular weight excluding hydrogens is 380 g/mol. The Hall–Kier alpha value is -2.74. The highest BCUT2D eigenvalue weighted by molar-refractivity contribution is 6.02. The smallest absolute Gasteiger partial charge is 0.337 e. The summed E-state index contributed by atoms with van der Waals surface area (Å²) in [7, 11) is 1.25.